The molecular formula is C14H18N4O2S. The second kappa shape index (κ2) is 5.16. The van der Waals surface area contributed by atoms with Crippen molar-refractivity contribution in [1.82, 2.24) is 14.3 Å². The van der Waals surface area contributed by atoms with Crippen LogP contribution < -0.4 is 9.62 Å². The Hall–Kier alpha value is -1.86. The Bertz CT molecular complexity index is 767. The minimum Gasteiger partial charge on any atom is -0.365 e. The lowest BCUT2D eigenvalue weighted by atomic mass is 10.2. The Morgan fingerprint density at radius 1 is 1.38 bits per heavy atom. The van der Waals surface area contributed by atoms with Gasteiger partial charge < -0.3 is 9.47 Å². The fourth-order valence-corrected chi connectivity index (χ4v) is 3.41. The van der Waals surface area contributed by atoms with Crippen molar-refractivity contribution in [2.24, 2.45) is 7.05 Å². The molecule has 1 aliphatic heterocycles. The van der Waals surface area contributed by atoms with Gasteiger partial charge in [0.15, 0.2) is 0 Å². The Morgan fingerprint density at radius 3 is 2.86 bits per heavy atom. The molecule has 0 fully saturated rings. The summed E-state index contributed by atoms with van der Waals surface area (Å²) in [5.74, 6) is 0. The number of benzene rings is 1. The number of aromatic nitrogens is 2. The summed E-state index contributed by atoms with van der Waals surface area (Å²) in [7, 11) is 0.0254. The molecule has 6 nitrogen and oxygen atoms in total. The average Bonchev–Trinajstić information content (AvgIpc) is 3.06. The van der Waals surface area contributed by atoms with E-state index < -0.39 is 10.0 Å². The first-order chi connectivity index (χ1) is 10.0. The van der Waals surface area contributed by atoms with Crippen LogP contribution in [0.2, 0.25) is 0 Å². The van der Waals surface area contributed by atoms with Crippen molar-refractivity contribution in [3.05, 3.63) is 42.0 Å². The van der Waals surface area contributed by atoms with E-state index in [1.165, 1.54) is 7.05 Å². The molecule has 0 bridgehead atoms. The highest BCUT2D eigenvalue weighted by Gasteiger charge is 2.22. The van der Waals surface area contributed by atoms with Gasteiger partial charge in [0.25, 0.3) is 0 Å². The topological polar surface area (TPSA) is 67.2 Å². The number of hydrogen-bond acceptors (Lipinski definition) is 4. The van der Waals surface area contributed by atoms with Crippen molar-refractivity contribution in [2.45, 2.75) is 17.9 Å². The molecular weight excluding hydrogens is 288 g/mol. The predicted octanol–water partition coefficient (Wildman–Crippen LogP) is 0.891. The number of rotatable bonds is 4. The molecule has 2 heterocycles. The van der Waals surface area contributed by atoms with Crippen molar-refractivity contribution in [3.8, 4) is 0 Å². The highest BCUT2D eigenvalue weighted by Crippen LogP contribution is 2.31. The van der Waals surface area contributed by atoms with Gasteiger partial charge in [-0.05, 0) is 37.2 Å². The zero-order valence-electron chi connectivity index (χ0n) is 12.1. The van der Waals surface area contributed by atoms with Crippen LogP contribution >= 0.6 is 0 Å². The number of sulfonamides is 1. The van der Waals surface area contributed by atoms with Gasteiger partial charge in [0, 0.05) is 25.5 Å². The van der Waals surface area contributed by atoms with Crippen LogP contribution in [0.4, 0.5) is 5.69 Å². The average molecular weight is 306 g/mol. The van der Waals surface area contributed by atoms with Gasteiger partial charge in [-0.1, -0.05) is 0 Å². The molecule has 2 aromatic rings. The molecule has 1 aromatic carbocycles. The van der Waals surface area contributed by atoms with Crippen LogP contribution in [0.3, 0.4) is 0 Å². The van der Waals surface area contributed by atoms with E-state index >= 15 is 0 Å². The lowest BCUT2D eigenvalue weighted by molar-refractivity contribution is 0.588. The Morgan fingerprint density at radius 2 is 2.19 bits per heavy atom. The molecule has 1 aliphatic rings. The lowest BCUT2D eigenvalue weighted by Gasteiger charge is -2.19. The molecule has 0 atom stereocenters. The summed E-state index contributed by atoms with van der Waals surface area (Å²) in [6, 6.07) is 5.32. The summed E-state index contributed by atoms with van der Waals surface area (Å²) in [5.41, 5.74) is 3.31. The summed E-state index contributed by atoms with van der Waals surface area (Å²) in [5, 5.41) is 0. The molecule has 3 rings (SSSR count). The molecule has 0 aliphatic carbocycles. The second-order valence-corrected chi connectivity index (χ2v) is 7.05. The molecule has 0 saturated carbocycles. The van der Waals surface area contributed by atoms with E-state index in [4.69, 9.17) is 0 Å². The number of imidazole rings is 1. The van der Waals surface area contributed by atoms with E-state index in [-0.39, 0.29) is 0 Å². The van der Waals surface area contributed by atoms with E-state index in [0.717, 1.165) is 36.5 Å². The largest absolute Gasteiger partial charge is 0.365 e. The van der Waals surface area contributed by atoms with Crippen molar-refractivity contribution in [3.63, 3.8) is 0 Å². The van der Waals surface area contributed by atoms with Crippen LogP contribution in [0.15, 0.2) is 35.6 Å². The van der Waals surface area contributed by atoms with Gasteiger partial charge in [0.05, 0.1) is 23.5 Å². The van der Waals surface area contributed by atoms with E-state index in [0.29, 0.717) is 4.90 Å². The van der Waals surface area contributed by atoms with Gasteiger partial charge in [0.2, 0.25) is 10.0 Å². The number of hydrogen-bond donors (Lipinski definition) is 1. The fourth-order valence-electron chi connectivity index (χ4n) is 2.63. The summed E-state index contributed by atoms with van der Waals surface area (Å²) in [6.45, 7) is 1.67. The number of nitrogens with one attached hydrogen (secondary N) is 1. The van der Waals surface area contributed by atoms with E-state index in [1.807, 2.05) is 23.9 Å². The smallest absolute Gasteiger partial charge is 0.240 e. The molecule has 0 saturated heterocycles. The number of anilines is 1. The molecule has 0 radical (unpaired) electrons. The van der Waals surface area contributed by atoms with Gasteiger partial charge in [0.1, 0.15) is 0 Å². The highest BCUT2D eigenvalue weighted by molar-refractivity contribution is 7.89. The number of nitrogens with zero attached hydrogens (tertiary/aromatic N) is 3. The molecule has 1 N–H and O–H groups in total. The van der Waals surface area contributed by atoms with Crippen LogP contribution in [0.1, 0.15) is 11.3 Å². The Labute approximate surface area is 124 Å². The summed E-state index contributed by atoms with van der Waals surface area (Å²) in [4.78, 5) is 6.70. The molecule has 0 amide bonds. The molecule has 0 unspecified atom stereocenters. The van der Waals surface area contributed by atoms with E-state index in [2.05, 4.69) is 14.6 Å². The van der Waals surface area contributed by atoms with Crippen molar-refractivity contribution >= 4 is 15.7 Å². The molecule has 21 heavy (non-hydrogen) atoms. The van der Waals surface area contributed by atoms with Crippen molar-refractivity contribution in [2.75, 3.05) is 18.5 Å². The van der Waals surface area contributed by atoms with Gasteiger partial charge in [-0.15, -0.1) is 0 Å². The number of fused-ring (bicyclic) bond motifs is 1. The normalized spacial score (nSPS) is 14.5. The maximum absolute atomic E-state index is 11.8. The quantitative estimate of drug-likeness (QED) is 0.911. The van der Waals surface area contributed by atoms with Crippen LogP contribution in [-0.2, 0) is 30.0 Å². The number of aryl methyl sites for hydroxylation is 1. The third-order valence-corrected chi connectivity index (χ3v) is 5.30. The van der Waals surface area contributed by atoms with Gasteiger partial charge in [-0.2, -0.15) is 0 Å². The summed E-state index contributed by atoms with van der Waals surface area (Å²) in [6.07, 6.45) is 4.51. The van der Waals surface area contributed by atoms with Gasteiger partial charge in [-0.3, -0.25) is 0 Å². The first-order valence-corrected chi connectivity index (χ1v) is 8.26. The molecule has 7 heteroatoms. The van der Waals surface area contributed by atoms with Gasteiger partial charge in [-0.25, -0.2) is 18.1 Å². The highest BCUT2D eigenvalue weighted by atomic mass is 32.2. The van der Waals surface area contributed by atoms with Crippen LogP contribution in [0.25, 0.3) is 0 Å². The summed E-state index contributed by atoms with van der Waals surface area (Å²) < 4.78 is 28.0. The fraction of sp³-hybridized carbons (Fsp3) is 0.357. The molecule has 1 aromatic heterocycles. The van der Waals surface area contributed by atoms with Crippen LogP contribution in [0, 0.1) is 0 Å². The minimum atomic E-state index is -3.38. The van der Waals surface area contributed by atoms with Crippen LogP contribution in [-0.4, -0.2) is 31.6 Å². The first kappa shape index (κ1) is 14.1. The zero-order chi connectivity index (χ0) is 15.0. The minimum absolute atomic E-state index is 0.325. The van der Waals surface area contributed by atoms with E-state index in [1.54, 1.807) is 18.5 Å². The van der Waals surface area contributed by atoms with E-state index in [9.17, 15) is 8.42 Å². The molecule has 112 valence electrons. The Kier molecular flexibility index (Phi) is 3.46. The monoisotopic (exact) mass is 306 g/mol. The second-order valence-electron chi connectivity index (χ2n) is 5.17. The zero-order valence-corrected chi connectivity index (χ0v) is 12.9. The first-order valence-electron chi connectivity index (χ1n) is 6.78. The van der Waals surface area contributed by atoms with Crippen molar-refractivity contribution < 1.29 is 8.42 Å². The standard InChI is InChI=1S/C14H18N4O2S/c1-15-21(19,20)13-3-4-14-11(7-13)5-6-18(14)9-12-8-16-10-17(12)2/h3-4,7-8,10,15H,5-6,9H2,1-2H3. The van der Waals surface area contributed by atoms with Crippen LogP contribution in [0.5, 0.6) is 0 Å². The third-order valence-electron chi connectivity index (χ3n) is 3.89. The predicted molar refractivity (Wildman–Crippen MR) is 80.6 cm³/mol. The molecule has 0 spiro atoms. The maximum atomic E-state index is 11.8. The third kappa shape index (κ3) is 2.54. The summed E-state index contributed by atoms with van der Waals surface area (Å²) >= 11 is 0. The lowest BCUT2D eigenvalue weighted by Crippen LogP contribution is -2.21. The maximum Gasteiger partial charge on any atom is 0.240 e. The SMILES string of the molecule is CNS(=O)(=O)c1ccc2c(c1)CCN2Cc1cncn1C. The Balaban J connectivity index is 1.89. The van der Waals surface area contributed by atoms with Gasteiger partial charge >= 0.3 is 0 Å². The van der Waals surface area contributed by atoms with Crippen molar-refractivity contribution in [1.29, 1.82) is 0 Å².